The highest BCUT2D eigenvalue weighted by Gasteiger charge is 2.42. The van der Waals surface area contributed by atoms with Crippen LogP contribution in [0.4, 0.5) is 13.2 Å². The second-order valence-electron chi connectivity index (χ2n) is 10.7. The molecular weight excluding hydrogens is 581 g/mol. The fourth-order valence-corrected chi connectivity index (χ4v) is 5.97. The van der Waals surface area contributed by atoms with E-state index < -0.39 is 12.1 Å². The number of aryl methyl sites for hydroxylation is 1. The van der Waals surface area contributed by atoms with E-state index in [0.29, 0.717) is 44.9 Å². The van der Waals surface area contributed by atoms with Crippen molar-refractivity contribution in [3.63, 3.8) is 0 Å². The highest BCUT2D eigenvalue weighted by atomic mass is 19.4. The number of carbonyl (C=O) groups is 1. The first-order valence-corrected chi connectivity index (χ1v) is 14.1. The first kappa shape index (κ1) is 29.4. The quantitative estimate of drug-likeness (QED) is 0.367. The summed E-state index contributed by atoms with van der Waals surface area (Å²) in [5, 5.41) is 32.2. The fraction of sp³-hybridized carbons (Fsp3) is 0.414. The molecule has 1 unspecified atom stereocenters. The molecule has 0 spiro atoms. The van der Waals surface area contributed by atoms with E-state index in [2.05, 4.69) is 20.2 Å². The average molecular weight is 611 g/mol. The maximum absolute atomic E-state index is 13.6. The Morgan fingerprint density at radius 3 is 2.84 bits per heavy atom. The Bertz CT molecular complexity index is 1800. The highest BCUT2D eigenvalue weighted by Crippen LogP contribution is 2.37. The number of nitrogens with zero attached hydrogens (tertiary/aromatic N) is 8. The summed E-state index contributed by atoms with van der Waals surface area (Å²) in [6.07, 6.45) is 1.12. The zero-order valence-corrected chi connectivity index (χ0v) is 24.0. The topological polar surface area (TPSA) is 136 Å². The highest BCUT2D eigenvalue weighted by molar-refractivity contribution is 5.99. The minimum Gasteiger partial charge on any atom is -0.473 e. The molecule has 2 atom stereocenters. The second-order valence-corrected chi connectivity index (χ2v) is 10.7. The second kappa shape index (κ2) is 11.4. The van der Waals surface area contributed by atoms with Crippen LogP contribution in [0, 0.1) is 11.3 Å². The van der Waals surface area contributed by atoms with Crippen molar-refractivity contribution in [2.24, 2.45) is 7.05 Å². The first-order valence-electron chi connectivity index (χ1n) is 14.1. The first-order chi connectivity index (χ1) is 21.1. The van der Waals surface area contributed by atoms with Crippen molar-refractivity contribution in [2.75, 3.05) is 19.8 Å². The lowest BCUT2D eigenvalue weighted by Crippen LogP contribution is -2.41. The smallest absolute Gasteiger partial charge is 0.473 e. The van der Waals surface area contributed by atoms with Gasteiger partial charge in [-0.3, -0.25) is 14.4 Å². The standard InChI is InChI=1S/C29H29F3N8O4/c1-17-23-4-3-10-38(23)16-25-19(26(43-13-9-33)36-39(25)11-12-41)6-7-22-20-14-18(21-15-34-37(2)27(21)44-17)5-8-24(20)40(35-22)28(42)29(30,31)32/h5-8,14-15,17,23,41H,3-4,10-13,16H2,1-2H3/b7-6+/t17?,23-/m1/s1. The molecule has 0 saturated carbocycles. The van der Waals surface area contributed by atoms with Gasteiger partial charge in [-0.15, -0.1) is 5.10 Å². The normalized spacial score (nSPS) is 19.4. The van der Waals surface area contributed by atoms with Gasteiger partial charge in [-0.1, -0.05) is 6.07 Å². The summed E-state index contributed by atoms with van der Waals surface area (Å²) in [6, 6.07) is 6.63. The predicted octanol–water partition coefficient (Wildman–Crippen LogP) is 3.65. The lowest BCUT2D eigenvalue weighted by molar-refractivity contribution is -0.0952. The van der Waals surface area contributed by atoms with E-state index in [4.69, 9.17) is 9.47 Å². The Balaban J connectivity index is 1.60. The number of aliphatic hydroxyl groups is 1. The van der Waals surface area contributed by atoms with Crippen LogP contribution in [0.25, 0.3) is 34.2 Å². The third kappa shape index (κ3) is 5.20. The van der Waals surface area contributed by atoms with Crippen LogP contribution in [0.3, 0.4) is 0 Å². The number of aromatic nitrogens is 6. The molecular formula is C29H29F3N8O4. The molecule has 0 amide bonds. The molecule has 6 rings (SSSR count). The van der Waals surface area contributed by atoms with E-state index in [0.717, 1.165) is 19.4 Å². The van der Waals surface area contributed by atoms with Crippen LogP contribution in [0.15, 0.2) is 24.4 Å². The monoisotopic (exact) mass is 610 g/mol. The van der Waals surface area contributed by atoms with E-state index in [1.165, 1.54) is 12.1 Å². The Kier molecular flexibility index (Phi) is 7.64. The van der Waals surface area contributed by atoms with Crippen LogP contribution in [0.2, 0.25) is 0 Å². The molecule has 44 heavy (non-hydrogen) atoms. The van der Waals surface area contributed by atoms with E-state index in [9.17, 15) is 28.3 Å². The van der Waals surface area contributed by atoms with E-state index >= 15 is 0 Å². The Morgan fingerprint density at radius 1 is 1.27 bits per heavy atom. The lowest BCUT2D eigenvalue weighted by atomic mass is 10.0. The van der Waals surface area contributed by atoms with Gasteiger partial charge in [-0.05, 0) is 56.2 Å². The molecule has 230 valence electrons. The molecule has 0 aliphatic carbocycles. The minimum absolute atomic E-state index is 0.0246. The zero-order chi connectivity index (χ0) is 31.2. The van der Waals surface area contributed by atoms with Crippen molar-refractivity contribution in [1.29, 1.82) is 5.26 Å². The largest absolute Gasteiger partial charge is 0.473 e. The predicted molar refractivity (Wildman–Crippen MR) is 151 cm³/mol. The van der Waals surface area contributed by atoms with Gasteiger partial charge >= 0.3 is 12.1 Å². The molecule has 2 aliphatic heterocycles. The van der Waals surface area contributed by atoms with Gasteiger partial charge in [0, 0.05) is 25.0 Å². The van der Waals surface area contributed by atoms with Crippen molar-refractivity contribution in [3.05, 3.63) is 41.3 Å². The maximum atomic E-state index is 13.6. The van der Waals surface area contributed by atoms with Crippen molar-refractivity contribution in [2.45, 2.75) is 51.2 Å². The minimum atomic E-state index is -5.15. The van der Waals surface area contributed by atoms with Crippen molar-refractivity contribution in [3.8, 4) is 29.0 Å². The number of nitriles is 1. The third-order valence-electron chi connectivity index (χ3n) is 8.00. The van der Waals surface area contributed by atoms with Crippen molar-refractivity contribution >= 4 is 29.0 Å². The molecule has 15 heteroatoms. The molecule has 2 aliphatic rings. The molecule has 12 nitrogen and oxygen atoms in total. The molecule has 3 aromatic heterocycles. The van der Waals surface area contributed by atoms with Gasteiger partial charge in [-0.2, -0.15) is 33.3 Å². The molecule has 1 fully saturated rings. The van der Waals surface area contributed by atoms with E-state index in [1.54, 1.807) is 40.8 Å². The number of halogens is 3. The summed E-state index contributed by atoms with van der Waals surface area (Å²) < 4.78 is 56.4. The summed E-state index contributed by atoms with van der Waals surface area (Å²) in [6.45, 7) is 2.79. The zero-order valence-electron chi connectivity index (χ0n) is 24.0. The van der Waals surface area contributed by atoms with Gasteiger partial charge in [0.05, 0.1) is 47.4 Å². The summed E-state index contributed by atoms with van der Waals surface area (Å²) >= 11 is 0. The van der Waals surface area contributed by atoms with Gasteiger partial charge < -0.3 is 14.6 Å². The number of benzene rings is 1. The van der Waals surface area contributed by atoms with Crippen molar-refractivity contribution in [1.82, 2.24) is 34.2 Å². The SMILES string of the molecule is CC1Oc2c(cnn2C)-c2ccc3c(c2)c(nn3C(=O)C(F)(F)F)/C=C/c2c(OCC#N)nn(CCO)c2CN2CCC[C@H]12. The number of alkyl halides is 3. The van der Waals surface area contributed by atoms with Crippen LogP contribution in [0.5, 0.6) is 11.8 Å². The Labute approximate surface area is 249 Å². The molecule has 2 bridgehead atoms. The van der Waals surface area contributed by atoms with Gasteiger partial charge in [-0.25, -0.2) is 4.68 Å². The van der Waals surface area contributed by atoms with Crippen molar-refractivity contribution < 1.29 is 32.5 Å². The third-order valence-corrected chi connectivity index (χ3v) is 8.00. The number of rotatable bonds is 4. The number of carbonyl (C=O) groups excluding carboxylic acids is 1. The fourth-order valence-electron chi connectivity index (χ4n) is 5.97. The maximum Gasteiger partial charge on any atom is 0.473 e. The van der Waals surface area contributed by atoms with Crippen LogP contribution in [-0.2, 0) is 20.1 Å². The van der Waals surface area contributed by atoms with Gasteiger partial charge in [0.2, 0.25) is 11.8 Å². The Hall–Kier alpha value is -4.68. The van der Waals surface area contributed by atoms with E-state index in [1.807, 2.05) is 13.0 Å². The molecule has 1 saturated heterocycles. The molecule has 5 heterocycles. The Morgan fingerprint density at radius 2 is 2.09 bits per heavy atom. The summed E-state index contributed by atoms with van der Waals surface area (Å²) in [4.78, 5) is 14.6. The number of aliphatic hydroxyl groups excluding tert-OH is 1. The molecule has 4 aromatic rings. The summed E-state index contributed by atoms with van der Waals surface area (Å²) in [7, 11) is 1.75. The number of hydrogen-bond donors (Lipinski definition) is 1. The van der Waals surface area contributed by atoms with Crippen LogP contribution in [-0.4, -0.2) is 83.3 Å². The summed E-state index contributed by atoms with van der Waals surface area (Å²) in [5.74, 6) is -1.50. The van der Waals surface area contributed by atoms with Crippen LogP contribution < -0.4 is 9.47 Å². The van der Waals surface area contributed by atoms with Gasteiger partial charge in [0.1, 0.15) is 12.2 Å². The summed E-state index contributed by atoms with van der Waals surface area (Å²) in [5.41, 5.74) is 2.48. The lowest BCUT2D eigenvalue weighted by Gasteiger charge is -2.30. The van der Waals surface area contributed by atoms with Gasteiger partial charge in [0.25, 0.3) is 0 Å². The molecule has 0 radical (unpaired) electrons. The van der Waals surface area contributed by atoms with Crippen LogP contribution >= 0.6 is 0 Å². The molecule has 1 N–H and O–H groups in total. The number of ether oxygens (including phenoxy) is 2. The van der Waals surface area contributed by atoms with Crippen LogP contribution in [0.1, 0.15) is 41.5 Å². The molecule has 1 aromatic carbocycles. The van der Waals surface area contributed by atoms with Gasteiger partial charge in [0.15, 0.2) is 6.61 Å². The average Bonchev–Trinajstić information content (AvgIpc) is 3.76. The number of hydrogen-bond acceptors (Lipinski definition) is 9. The number of fused-ring (bicyclic) bond motifs is 5. The van der Waals surface area contributed by atoms with E-state index in [-0.39, 0.29) is 49.0 Å².